The molecule has 2 aliphatic rings. The van der Waals surface area contributed by atoms with E-state index in [-0.39, 0.29) is 5.91 Å². The van der Waals surface area contributed by atoms with Crippen LogP contribution in [-0.2, 0) is 11.3 Å². The van der Waals surface area contributed by atoms with Crippen molar-refractivity contribution in [2.45, 2.75) is 12.6 Å². The van der Waals surface area contributed by atoms with E-state index in [1.807, 2.05) is 24.3 Å². The molecule has 0 radical (unpaired) electrons. The molecule has 21 heavy (non-hydrogen) atoms. The molecular weight excluding hydrogens is 266 g/mol. The lowest BCUT2D eigenvalue weighted by atomic mass is 10.1. The molecule has 2 fully saturated rings. The normalized spacial score (nSPS) is 27.3. The molecule has 2 saturated heterocycles. The first-order chi connectivity index (χ1) is 10.1. The molecule has 5 nitrogen and oxygen atoms in total. The van der Waals surface area contributed by atoms with E-state index >= 15 is 0 Å². The minimum atomic E-state index is -0.371. The van der Waals surface area contributed by atoms with Crippen molar-refractivity contribution in [2.24, 2.45) is 11.7 Å². The second kappa shape index (κ2) is 6.13. The zero-order valence-electron chi connectivity index (χ0n) is 12.5. The maximum atomic E-state index is 11.1. The Morgan fingerprint density at radius 1 is 1.24 bits per heavy atom. The summed E-state index contributed by atoms with van der Waals surface area (Å²) in [4.78, 5) is 16.0. The van der Waals surface area contributed by atoms with Crippen molar-refractivity contribution in [3.63, 3.8) is 0 Å². The Labute approximate surface area is 125 Å². The van der Waals surface area contributed by atoms with E-state index in [2.05, 4.69) is 16.8 Å². The van der Waals surface area contributed by atoms with Crippen molar-refractivity contribution in [1.29, 1.82) is 0 Å². The molecule has 114 valence electrons. The van der Waals surface area contributed by atoms with Crippen LogP contribution in [0.15, 0.2) is 24.3 Å². The van der Waals surface area contributed by atoms with E-state index in [9.17, 15) is 4.79 Å². The summed E-state index contributed by atoms with van der Waals surface area (Å²) >= 11 is 0. The molecule has 2 heterocycles. The molecule has 0 aliphatic carbocycles. The van der Waals surface area contributed by atoms with Crippen LogP contribution in [0.2, 0.25) is 0 Å². The number of nitrogens with two attached hydrogens (primary N) is 1. The van der Waals surface area contributed by atoms with E-state index in [1.54, 1.807) is 0 Å². The number of hydrogen-bond acceptors (Lipinski definition) is 4. The zero-order valence-corrected chi connectivity index (χ0v) is 12.5. The predicted octanol–water partition coefficient (Wildman–Crippen LogP) is 0.548. The number of hydrogen-bond donors (Lipinski definition) is 1. The third-order valence-corrected chi connectivity index (χ3v) is 4.46. The van der Waals surface area contributed by atoms with E-state index < -0.39 is 0 Å². The Morgan fingerprint density at radius 3 is 2.71 bits per heavy atom. The molecule has 0 saturated carbocycles. The molecular formula is C16H23N3O2. The Morgan fingerprint density at radius 2 is 2.00 bits per heavy atom. The van der Waals surface area contributed by atoms with Crippen LogP contribution >= 0.6 is 0 Å². The molecule has 3 rings (SSSR count). The topological polar surface area (TPSA) is 58.8 Å². The molecule has 2 atom stereocenters. The number of carbonyl (C=O) groups excluding carboxylic acids is 1. The molecule has 2 N–H and O–H groups in total. The second-order valence-corrected chi connectivity index (χ2v) is 6.25. The van der Waals surface area contributed by atoms with Gasteiger partial charge in [-0.15, -0.1) is 0 Å². The highest BCUT2D eigenvalue weighted by atomic mass is 16.5. The van der Waals surface area contributed by atoms with Crippen molar-refractivity contribution >= 4 is 5.91 Å². The van der Waals surface area contributed by atoms with E-state index in [0.29, 0.717) is 17.5 Å². The highest BCUT2D eigenvalue weighted by Gasteiger charge is 2.31. The van der Waals surface area contributed by atoms with Gasteiger partial charge < -0.3 is 10.5 Å². The van der Waals surface area contributed by atoms with Gasteiger partial charge in [0.2, 0.25) is 5.91 Å². The molecule has 1 aromatic carbocycles. The Balaban J connectivity index is 1.68. The SMILES string of the molecule is CN1C[C@H]2COC[C@@H]1CN(Cc1ccc(C(N)=O)cc1)C2. The quantitative estimate of drug-likeness (QED) is 0.883. The van der Waals surface area contributed by atoms with Crippen LogP contribution in [0.1, 0.15) is 15.9 Å². The first kappa shape index (κ1) is 14.5. The minimum Gasteiger partial charge on any atom is -0.379 e. The van der Waals surface area contributed by atoms with E-state index in [4.69, 9.17) is 10.5 Å². The maximum Gasteiger partial charge on any atom is 0.248 e. The van der Waals surface area contributed by atoms with Crippen molar-refractivity contribution in [3.05, 3.63) is 35.4 Å². The van der Waals surface area contributed by atoms with Crippen LogP contribution in [0.3, 0.4) is 0 Å². The standard InChI is InChI=1S/C16H23N3O2/c1-18-6-13-8-19(9-15(18)11-21-10-13)7-12-2-4-14(5-3-12)16(17)20/h2-5,13,15H,6-11H2,1H3,(H2,17,20)/t13-,15+/m1/s1. The molecule has 1 amide bonds. The van der Waals surface area contributed by atoms with Gasteiger partial charge in [0.1, 0.15) is 0 Å². The summed E-state index contributed by atoms with van der Waals surface area (Å²) < 4.78 is 5.75. The number of amides is 1. The first-order valence-corrected chi connectivity index (χ1v) is 7.51. The number of primary amides is 1. The number of nitrogens with zero attached hydrogens (tertiary/aromatic N) is 2. The third kappa shape index (κ3) is 3.43. The fourth-order valence-corrected chi connectivity index (χ4v) is 3.31. The van der Waals surface area contributed by atoms with Gasteiger partial charge in [0.05, 0.1) is 13.2 Å². The molecule has 0 aromatic heterocycles. The van der Waals surface area contributed by atoms with Gasteiger partial charge in [-0.2, -0.15) is 0 Å². The highest BCUT2D eigenvalue weighted by Crippen LogP contribution is 2.20. The van der Waals surface area contributed by atoms with E-state index in [1.165, 1.54) is 5.56 Å². The van der Waals surface area contributed by atoms with Crippen LogP contribution in [-0.4, -0.2) is 61.6 Å². The van der Waals surface area contributed by atoms with Crippen molar-refractivity contribution in [3.8, 4) is 0 Å². The number of rotatable bonds is 3. The second-order valence-electron chi connectivity index (χ2n) is 6.25. The van der Waals surface area contributed by atoms with Gasteiger partial charge in [-0.1, -0.05) is 12.1 Å². The summed E-state index contributed by atoms with van der Waals surface area (Å²) in [5.41, 5.74) is 7.07. The smallest absolute Gasteiger partial charge is 0.248 e. The lowest BCUT2D eigenvalue weighted by Crippen LogP contribution is -2.41. The highest BCUT2D eigenvalue weighted by molar-refractivity contribution is 5.92. The van der Waals surface area contributed by atoms with Gasteiger partial charge in [0.25, 0.3) is 0 Å². The minimum absolute atomic E-state index is 0.371. The van der Waals surface area contributed by atoms with Crippen LogP contribution in [0, 0.1) is 5.92 Å². The fraction of sp³-hybridized carbons (Fsp3) is 0.562. The number of likely N-dealkylation sites (N-methyl/N-ethyl adjacent to an activating group) is 1. The molecule has 2 aliphatic heterocycles. The number of fused-ring (bicyclic) bond motifs is 3. The molecule has 0 spiro atoms. The van der Waals surface area contributed by atoms with Crippen LogP contribution in [0.5, 0.6) is 0 Å². The van der Waals surface area contributed by atoms with Crippen molar-refractivity contribution < 1.29 is 9.53 Å². The summed E-state index contributed by atoms with van der Waals surface area (Å²) in [6.45, 7) is 5.81. The average Bonchev–Trinajstić information content (AvgIpc) is 2.68. The fourth-order valence-electron chi connectivity index (χ4n) is 3.31. The monoisotopic (exact) mass is 289 g/mol. The van der Waals surface area contributed by atoms with Crippen LogP contribution in [0.4, 0.5) is 0 Å². The number of benzene rings is 1. The molecule has 1 aromatic rings. The van der Waals surface area contributed by atoms with Gasteiger partial charge in [-0.05, 0) is 24.7 Å². The summed E-state index contributed by atoms with van der Waals surface area (Å²) in [7, 11) is 2.19. The summed E-state index contributed by atoms with van der Waals surface area (Å²) in [6, 6.07) is 8.10. The first-order valence-electron chi connectivity index (χ1n) is 7.51. The summed E-state index contributed by atoms with van der Waals surface area (Å²) in [5.74, 6) is 0.206. The predicted molar refractivity (Wildman–Crippen MR) is 81.0 cm³/mol. The molecule has 5 heteroatoms. The van der Waals surface area contributed by atoms with Crippen molar-refractivity contribution in [2.75, 3.05) is 39.9 Å². The average molecular weight is 289 g/mol. The Kier molecular flexibility index (Phi) is 4.24. The van der Waals surface area contributed by atoms with Crippen LogP contribution in [0.25, 0.3) is 0 Å². The van der Waals surface area contributed by atoms with Gasteiger partial charge in [0, 0.05) is 43.7 Å². The lowest BCUT2D eigenvalue weighted by molar-refractivity contribution is 0.0516. The molecule has 0 unspecified atom stereocenters. The zero-order chi connectivity index (χ0) is 14.8. The van der Waals surface area contributed by atoms with Gasteiger partial charge in [-0.25, -0.2) is 0 Å². The summed E-state index contributed by atoms with van der Waals surface area (Å²) in [5, 5.41) is 0. The van der Waals surface area contributed by atoms with E-state index in [0.717, 1.165) is 39.4 Å². The number of ether oxygens (including phenoxy) is 1. The Bertz CT molecular complexity index is 503. The largest absolute Gasteiger partial charge is 0.379 e. The third-order valence-electron chi connectivity index (χ3n) is 4.46. The summed E-state index contributed by atoms with van der Waals surface area (Å²) in [6.07, 6.45) is 0. The Hall–Kier alpha value is -1.43. The van der Waals surface area contributed by atoms with Crippen LogP contribution < -0.4 is 5.73 Å². The van der Waals surface area contributed by atoms with Gasteiger partial charge in [0.15, 0.2) is 0 Å². The molecule has 2 bridgehead atoms. The lowest BCUT2D eigenvalue weighted by Gasteiger charge is -2.29. The van der Waals surface area contributed by atoms with Crippen molar-refractivity contribution in [1.82, 2.24) is 9.80 Å². The maximum absolute atomic E-state index is 11.1. The van der Waals surface area contributed by atoms with Gasteiger partial charge in [-0.3, -0.25) is 14.6 Å². The number of carbonyl (C=O) groups is 1. The van der Waals surface area contributed by atoms with Gasteiger partial charge >= 0.3 is 0 Å².